The molecule has 2 aromatic rings. The molecule has 2 amide bonds. The molecule has 124 valence electrons. The zero-order valence-electron chi connectivity index (χ0n) is 14.1. The van der Waals surface area contributed by atoms with Gasteiger partial charge in [0, 0.05) is 16.5 Å². The fourth-order valence-corrected chi connectivity index (χ4v) is 2.97. The number of nitrogens with zero attached hydrogens (tertiary/aromatic N) is 1. The Balaban J connectivity index is 2.02. The van der Waals surface area contributed by atoms with Crippen LogP contribution in [0.4, 0.5) is 10.5 Å². The summed E-state index contributed by atoms with van der Waals surface area (Å²) < 4.78 is 5.15. The summed E-state index contributed by atoms with van der Waals surface area (Å²) in [5.41, 5.74) is 3.69. The van der Waals surface area contributed by atoms with Crippen LogP contribution in [-0.4, -0.2) is 17.4 Å². The maximum absolute atomic E-state index is 12.2. The zero-order chi connectivity index (χ0) is 17.0. The molecule has 6 heteroatoms. The van der Waals surface area contributed by atoms with Gasteiger partial charge in [0.05, 0.1) is 11.7 Å². The van der Waals surface area contributed by atoms with Crippen LogP contribution in [0.3, 0.4) is 0 Å². The van der Waals surface area contributed by atoms with Crippen molar-refractivity contribution < 1.29 is 9.32 Å². The molecule has 0 aliphatic heterocycles. The van der Waals surface area contributed by atoms with Gasteiger partial charge in [-0.15, -0.1) is 0 Å². The number of carbonyl (C=O) groups is 1. The monoisotopic (exact) mass is 333 g/mol. The van der Waals surface area contributed by atoms with Crippen LogP contribution in [0, 0.1) is 13.8 Å². The number of hydrogen-bond acceptors (Lipinski definition) is 4. The first-order valence-electron chi connectivity index (χ1n) is 7.55. The average Bonchev–Trinajstić information content (AvgIpc) is 2.85. The minimum absolute atomic E-state index is 0.172. The van der Waals surface area contributed by atoms with Crippen LogP contribution in [-0.2, 0) is 0 Å². The van der Waals surface area contributed by atoms with E-state index in [1.54, 1.807) is 11.8 Å². The Kier molecular flexibility index (Phi) is 5.71. The van der Waals surface area contributed by atoms with Crippen molar-refractivity contribution in [3.63, 3.8) is 0 Å². The highest BCUT2D eigenvalue weighted by Crippen LogP contribution is 2.27. The molecule has 2 rings (SSSR count). The molecule has 0 bridgehead atoms. The first-order chi connectivity index (χ1) is 10.9. The molecule has 0 spiro atoms. The number of benzene rings is 1. The highest BCUT2D eigenvalue weighted by molar-refractivity contribution is 7.98. The van der Waals surface area contributed by atoms with E-state index in [0.29, 0.717) is 5.25 Å². The summed E-state index contributed by atoms with van der Waals surface area (Å²) >= 11 is 1.77. The molecule has 0 saturated carbocycles. The van der Waals surface area contributed by atoms with E-state index in [2.05, 4.69) is 35.0 Å². The van der Waals surface area contributed by atoms with E-state index >= 15 is 0 Å². The van der Waals surface area contributed by atoms with Crippen molar-refractivity contribution >= 4 is 23.5 Å². The first-order valence-corrected chi connectivity index (χ1v) is 8.84. The maximum Gasteiger partial charge on any atom is 0.319 e. The zero-order valence-corrected chi connectivity index (χ0v) is 15.0. The van der Waals surface area contributed by atoms with Crippen molar-refractivity contribution in [2.24, 2.45) is 0 Å². The summed E-state index contributed by atoms with van der Waals surface area (Å²) in [5.74, 6) is 0.728. The molecule has 0 radical (unpaired) electrons. The van der Waals surface area contributed by atoms with Crippen LogP contribution >= 0.6 is 11.8 Å². The van der Waals surface area contributed by atoms with Gasteiger partial charge < -0.3 is 15.2 Å². The van der Waals surface area contributed by atoms with Crippen molar-refractivity contribution in [1.29, 1.82) is 0 Å². The lowest BCUT2D eigenvalue weighted by atomic mass is 10.1. The van der Waals surface area contributed by atoms with Gasteiger partial charge in [0.25, 0.3) is 0 Å². The number of hydrogen-bond donors (Lipinski definition) is 2. The summed E-state index contributed by atoms with van der Waals surface area (Å²) in [7, 11) is 0. The number of thioether (sulfide) groups is 1. The first kappa shape index (κ1) is 17.4. The molecular weight excluding hydrogens is 310 g/mol. The highest BCUT2D eigenvalue weighted by Gasteiger charge is 2.18. The lowest BCUT2D eigenvalue weighted by molar-refractivity contribution is 0.249. The van der Waals surface area contributed by atoms with E-state index in [9.17, 15) is 4.79 Å². The Morgan fingerprint density at radius 1 is 1.30 bits per heavy atom. The third-order valence-electron chi connectivity index (χ3n) is 3.84. The van der Waals surface area contributed by atoms with Crippen LogP contribution in [0.1, 0.15) is 47.7 Å². The summed E-state index contributed by atoms with van der Waals surface area (Å²) in [6.45, 7) is 7.77. The van der Waals surface area contributed by atoms with E-state index in [1.807, 2.05) is 39.0 Å². The number of aromatic nitrogens is 1. The van der Waals surface area contributed by atoms with Crippen molar-refractivity contribution in [1.82, 2.24) is 10.5 Å². The molecule has 5 nitrogen and oxygen atoms in total. The van der Waals surface area contributed by atoms with Crippen LogP contribution in [0.5, 0.6) is 0 Å². The summed E-state index contributed by atoms with van der Waals surface area (Å²) in [6.07, 6.45) is 2.07. The fourth-order valence-electron chi connectivity index (χ4n) is 2.55. The van der Waals surface area contributed by atoms with Crippen molar-refractivity contribution in [2.45, 2.75) is 39.0 Å². The second-order valence-corrected chi connectivity index (χ2v) is 6.74. The fraction of sp³-hybridized carbons (Fsp3) is 0.412. The summed E-state index contributed by atoms with van der Waals surface area (Å²) in [6, 6.07) is 7.49. The van der Waals surface area contributed by atoms with Crippen LogP contribution < -0.4 is 10.6 Å². The summed E-state index contributed by atoms with van der Waals surface area (Å²) in [4.78, 5) is 12.2. The van der Waals surface area contributed by atoms with E-state index in [0.717, 1.165) is 22.7 Å². The molecule has 23 heavy (non-hydrogen) atoms. The maximum atomic E-state index is 12.2. The number of carbonyl (C=O) groups excluding carboxylic acids is 1. The molecule has 0 aliphatic rings. The Morgan fingerprint density at radius 3 is 2.65 bits per heavy atom. The Morgan fingerprint density at radius 2 is 2.04 bits per heavy atom. The standard InChI is InChI=1S/C17H23N3O2S/c1-10(16-11(2)20-22-12(16)3)18-17(21)19-15-8-6-7-14(9-15)13(4)23-5/h6-10,13H,1-5H3,(H2,18,19,21)/t10-,13+/m0/s1. The minimum atomic E-state index is -0.244. The lowest BCUT2D eigenvalue weighted by Crippen LogP contribution is -2.31. The second kappa shape index (κ2) is 7.55. The van der Waals surface area contributed by atoms with Crippen molar-refractivity contribution in [3.8, 4) is 0 Å². The SMILES string of the molecule is CS[C@H](C)c1cccc(NC(=O)N[C@@H](C)c2c(C)noc2C)c1. The van der Waals surface area contributed by atoms with Crippen LogP contribution in [0.25, 0.3) is 0 Å². The van der Waals surface area contributed by atoms with Gasteiger partial charge in [0.2, 0.25) is 0 Å². The molecule has 0 aliphatic carbocycles. The molecule has 2 atom stereocenters. The molecule has 1 aromatic heterocycles. The smallest absolute Gasteiger partial charge is 0.319 e. The number of aryl methyl sites for hydroxylation is 2. The quantitative estimate of drug-likeness (QED) is 0.839. The molecule has 2 N–H and O–H groups in total. The van der Waals surface area contributed by atoms with Gasteiger partial charge in [0.1, 0.15) is 5.76 Å². The normalized spacial score (nSPS) is 13.4. The third kappa shape index (κ3) is 4.28. The predicted molar refractivity (Wildman–Crippen MR) is 94.9 cm³/mol. The van der Waals surface area contributed by atoms with Crippen molar-refractivity contribution in [3.05, 3.63) is 46.8 Å². The van der Waals surface area contributed by atoms with E-state index in [-0.39, 0.29) is 12.1 Å². The molecule has 1 heterocycles. The largest absolute Gasteiger partial charge is 0.361 e. The van der Waals surface area contributed by atoms with Gasteiger partial charge >= 0.3 is 6.03 Å². The molecular formula is C17H23N3O2S. The van der Waals surface area contributed by atoms with Gasteiger partial charge in [-0.05, 0) is 51.6 Å². The van der Waals surface area contributed by atoms with Gasteiger partial charge in [-0.3, -0.25) is 0 Å². The predicted octanol–water partition coefficient (Wildman–Crippen LogP) is 4.60. The van der Waals surface area contributed by atoms with Gasteiger partial charge in [-0.2, -0.15) is 11.8 Å². The van der Waals surface area contributed by atoms with Crippen LogP contribution in [0.2, 0.25) is 0 Å². The highest BCUT2D eigenvalue weighted by atomic mass is 32.2. The van der Waals surface area contributed by atoms with Crippen LogP contribution in [0.15, 0.2) is 28.8 Å². The Hall–Kier alpha value is -1.95. The van der Waals surface area contributed by atoms with Gasteiger partial charge in [0.15, 0.2) is 0 Å². The topological polar surface area (TPSA) is 67.2 Å². The number of rotatable bonds is 5. The number of anilines is 1. The van der Waals surface area contributed by atoms with Gasteiger partial charge in [-0.1, -0.05) is 17.3 Å². The van der Waals surface area contributed by atoms with E-state index in [1.165, 1.54) is 5.56 Å². The van der Waals surface area contributed by atoms with Crippen molar-refractivity contribution in [2.75, 3.05) is 11.6 Å². The third-order valence-corrected chi connectivity index (χ3v) is 4.82. The molecule has 0 fully saturated rings. The Labute approximate surface area is 141 Å². The summed E-state index contributed by atoms with van der Waals surface area (Å²) in [5, 5.41) is 10.1. The number of nitrogens with one attached hydrogen (secondary N) is 2. The Bertz CT molecular complexity index is 665. The molecule has 0 unspecified atom stereocenters. The van der Waals surface area contributed by atoms with E-state index < -0.39 is 0 Å². The molecule has 1 aromatic carbocycles. The number of amides is 2. The number of urea groups is 1. The second-order valence-electron chi connectivity index (χ2n) is 5.56. The van der Waals surface area contributed by atoms with Gasteiger partial charge in [-0.25, -0.2) is 4.79 Å². The van der Waals surface area contributed by atoms with E-state index in [4.69, 9.17) is 4.52 Å². The minimum Gasteiger partial charge on any atom is -0.361 e. The average molecular weight is 333 g/mol. The lowest BCUT2D eigenvalue weighted by Gasteiger charge is -2.15. The molecule has 0 saturated heterocycles.